The topological polar surface area (TPSA) is 115 Å². The second-order valence-corrected chi connectivity index (χ2v) is 9.68. The van der Waals surface area contributed by atoms with E-state index in [2.05, 4.69) is 10.6 Å². The largest absolute Gasteiger partial charge is 0.490 e. The number of hydrogen-bond donors (Lipinski definition) is 2. The first kappa shape index (κ1) is 26.9. The van der Waals surface area contributed by atoms with Gasteiger partial charge < -0.3 is 29.6 Å². The molecule has 2 amide bonds. The van der Waals surface area contributed by atoms with Crippen molar-refractivity contribution in [1.82, 2.24) is 4.31 Å². The van der Waals surface area contributed by atoms with Gasteiger partial charge in [0.25, 0.3) is 0 Å². The number of nitrogens with one attached hydrogen (secondary N) is 2. The van der Waals surface area contributed by atoms with E-state index >= 15 is 0 Å². The minimum atomic E-state index is -3.75. The monoisotopic (exact) mass is 527 g/mol. The molecule has 35 heavy (non-hydrogen) atoms. The summed E-state index contributed by atoms with van der Waals surface area (Å²) in [4.78, 5) is 12.8. The zero-order valence-corrected chi connectivity index (χ0v) is 21.5. The van der Waals surface area contributed by atoms with Crippen LogP contribution < -0.4 is 24.8 Å². The molecule has 3 rings (SSSR count). The summed E-state index contributed by atoms with van der Waals surface area (Å²) in [6.45, 7) is 7.89. The second kappa shape index (κ2) is 12.3. The number of hydrogen-bond acceptors (Lipinski definition) is 7. The third-order valence-corrected chi connectivity index (χ3v) is 7.19. The number of benzene rings is 2. The lowest BCUT2D eigenvalue weighted by Crippen LogP contribution is -2.40. The molecule has 1 fully saturated rings. The summed E-state index contributed by atoms with van der Waals surface area (Å²) in [7, 11) is -3.75. The van der Waals surface area contributed by atoms with Crippen LogP contribution in [0.2, 0.25) is 5.02 Å². The number of carbonyl (C=O) groups excluding carboxylic acids is 1. The Balaban J connectivity index is 1.82. The van der Waals surface area contributed by atoms with E-state index in [9.17, 15) is 13.2 Å². The Kier molecular flexibility index (Phi) is 9.44. The molecule has 1 heterocycles. The molecule has 12 heteroatoms. The Bertz CT molecular complexity index is 1110. The van der Waals surface area contributed by atoms with Gasteiger partial charge in [-0.05, 0) is 39.0 Å². The van der Waals surface area contributed by atoms with E-state index in [1.54, 1.807) is 12.1 Å². The minimum absolute atomic E-state index is 0.0254. The van der Waals surface area contributed by atoms with E-state index in [0.717, 1.165) is 0 Å². The van der Waals surface area contributed by atoms with Crippen LogP contribution in [-0.2, 0) is 14.8 Å². The van der Waals surface area contributed by atoms with Crippen LogP contribution >= 0.6 is 11.6 Å². The molecule has 0 unspecified atom stereocenters. The lowest BCUT2D eigenvalue weighted by Gasteiger charge is -2.26. The third kappa shape index (κ3) is 6.69. The van der Waals surface area contributed by atoms with Crippen molar-refractivity contribution >= 4 is 39.0 Å². The van der Waals surface area contributed by atoms with Gasteiger partial charge in [-0.3, -0.25) is 0 Å². The molecule has 1 aliphatic rings. The highest BCUT2D eigenvalue weighted by Crippen LogP contribution is 2.41. The number of anilines is 2. The van der Waals surface area contributed by atoms with Gasteiger partial charge >= 0.3 is 6.03 Å². The predicted molar refractivity (Wildman–Crippen MR) is 134 cm³/mol. The normalized spacial score (nSPS) is 14.3. The Morgan fingerprint density at radius 3 is 2.14 bits per heavy atom. The summed E-state index contributed by atoms with van der Waals surface area (Å²) in [6, 6.07) is 6.80. The molecule has 2 aromatic carbocycles. The van der Waals surface area contributed by atoms with Crippen LogP contribution in [0.4, 0.5) is 16.2 Å². The summed E-state index contributed by atoms with van der Waals surface area (Å²) in [6.07, 6.45) is 0. The molecule has 2 aromatic rings. The van der Waals surface area contributed by atoms with Gasteiger partial charge in [0, 0.05) is 25.2 Å². The fourth-order valence-corrected chi connectivity index (χ4v) is 5.04. The molecule has 10 nitrogen and oxygen atoms in total. The third-order valence-electron chi connectivity index (χ3n) is 4.96. The van der Waals surface area contributed by atoms with Crippen molar-refractivity contribution in [3.8, 4) is 17.2 Å². The Morgan fingerprint density at radius 2 is 1.57 bits per heavy atom. The number of sulfonamides is 1. The molecule has 1 saturated heterocycles. The van der Waals surface area contributed by atoms with Crippen LogP contribution in [0.3, 0.4) is 0 Å². The molecule has 192 valence electrons. The molecule has 1 aliphatic heterocycles. The maximum Gasteiger partial charge on any atom is 0.323 e. The van der Waals surface area contributed by atoms with Gasteiger partial charge in [0.2, 0.25) is 15.8 Å². The summed E-state index contributed by atoms with van der Waals surface area (Å²) < 4.78 is 49.5. The van der Waals surface area contributed by atoms with E-state index < -0.39 is 16.1 Å². The van der Waals surface area contributed by atoms with E-state index in [1.165, 1.54) is 22.5 Å². The van der Waals surface area contributed by atoms with Crippen molar-refractivity contribution in [3.63, 3.8) is 0 Å². The number of ether oxygens (including phenoxy) is 4. The number of halogens is 1. The standard InChI is InChI=1S/C23H30ClN3O7S/c1-4-32-20-13-16(14-21(33-5-2)22(20)34-6-3)25-23(28)26-19-15-17(7-8-18(19)24)35(29,30)27-9-11-31-12-10-27/h7-8,13-15H,4-6,9-12H2,1-3H3,(H2,25,26,28). The van der Waals surface area contributed by atoms with Crippen LogP contribution in [0.25, 0.3) is 0 Å². The Morgan fingerprint density at radius 1 is 0.971 bits per heavy atom. The number of amides is 2. The number of rotatable bonds is 10. The van der Waals surface area contributed by atoms with Crippen molar-refractivity contribution in [2.75, 3.05) is 56.8 Å². The van der Waals surface area contributed by atoms with Crippen molar-refractivity contribution in [2.24, 2.45) is 0 Å². The fourth-order valence-electron chi connectivity index (χ4n) is 3.44. The minimum Gasteiger partial charge on any atom is -0.490 e. The molecule has 2 N–H and O–H groups in total. The van der Waals surface area contributed by atoms with Gasteiger partial charge in [-0.25, -0.2) is 13.2 Å². The molecular formula is C23H30ClN3O7S. The summed E-state index contributed by atoms with van der Waals surface area (Å²) in [5, 5.41) is 5.51. The first-order valence-corrected chi connectivity index (χ1v) is 13.1. The highest BCUT2D eigenvalue weighted by atomic mass is 35.5. The number of nitrogens with zero attached hydrogens (tertiary/aromatic N) is 1. The van der Waals surface area contributed by atoms with Crippen molar-refractivity contribution < 1.29 is 32.2 Å². The average molecular weight is 528 g/mol. The lowest BCUT2D eigenvalue weighted by molar-refractivity contribution is 0.0730. The number of morpholine rings is 1. The van der Waals surface area contributed by atoms with Gasteiger partial charge in [0.15, 0.2) is 11.5 Å². The fraction of sp³-hybridized carbons (Fsp3) is 0.435. The molecule has 0 atom stereocenters. The van der Waals surface area contributed by atoms with E-state index in [0.29, 0.717) is 56.0 Å². The molecule has 0 spiro atoms. The summed E-state index contributed by atoms with van der Waals surface area (Å²) in [5.74, 6) is 1.30. The number of carbonyl (C=O) groups is 1. The number of urea groups is 1. The van der Waals surface area contributed by atoms with Gasteiger partial charge in [-0.1, -0.05) is 11.6 Å². The quantitative estimate of drug-likeness (QED) is 0.475. The highest BCUT2D eigenvalue weighted by Gasteiger charge is 2.27. The van der Waals surface area contributed by atoms with Gasteiger partial charge in [0.1, 0.15) is 0 Å². The van der Waals surface area contributed by atoms with Gasteiger partial charge in [-0.15, -0.1) is 0 Å². The van der Waals surface area contributed by atoms with Crippen LogP contribution in [0.1, 0.15) is 20.8 Å². The molecule has 0 aliphatic carbocycles. The zero-order chi connectivity index (χ0) is 25.4. The first-order chi connectivity index (χ1) is 16.8. The van der Waals surface area contributed by atoms with E-state index in [-0.39, 0.29) is 28.7 Å². The first-order valence-electron chi connectivity index (χ1n) is 11.3. The van der Waals surface area contributed by atoms with Crippen LogP contribution in [0, 0.1) is 0 Å². The van der Waals surface area contributed by atoms with Crippen molar-refractivity contribution in [2.45, 2.75) is 25.7 Å². The molecule has 0 aromatic heterocycles. The van der Waals surface area contributed by atoms with E-state index in [4.69, 9.17) is 30.5 Å². The van der Waals surface area contributed by atoms with E-state index in [1.807, 2.05) is 20.8 Å². The average Bonchev–Trinajstić information content (AvgIpc) is 2.83. The zero-order valence-electron chi connectivity index (χ0n) is 19.9. The van der Waals surface area contributed by atoms with Gasteiger partial charge in [-0.2, -0.15) is 4.31 Å². The smallest absolute Gasteiger partial charge is 0.323 e. The Labute approximate surface area is 210 Å². The Hall–Kier alpha value is -2.73. The SMILES string of the molecule is CCOc1cc(NC(=O)Nc2cc(S(=O)(=O)N3CCOCC3)ccc2Cl)cc(OCC)c1OCC. The lowest BCUT2D eigenvalue weighted by atomic mass is 10.2. The van der Waals surface area contributed by atoms with Crippen LogP contribution in [0.5, 0.6) is 17.2 Å². The van der Waals surface area contributed by atoms with Crippen molar-refractivity contribution in [1.29, 1.82) is 0 Å². The van der Waals surface area contributed by atoms with Gasteiger partial charge in [0.05, 0.1) is 54.3 Å². The summed E-state index contributed by atoms with van der Waals surface area (Å²) >= 11 is 6.24. The van der Waals surface area contributed by atoms with Crippen LogP contribution in [-0.4, -0.2) is 64.9 Å². The summed E-state index contributed by atoms with van der Waals surface area (Å²) in [5.41, 5.74) is 0.547. The molecular weight excluding hydrogens is 498 g/mol. The van der Waals surface area contributed by atoms with Crippen molar-refractivity contribution in [3.05, 3.63) is 35.4 Å². The molecule has 0 saturated carbocycles. The maximum atomic E-state index is 13.0. The highest BCUT2D eigenvalue weighted by molar-refractivity contribution is 7.89. The molecule has 0 radical (unpaired) electrons. The second-order valence-electron chi connectivity index (χ2n) is 7.34. The molecule has 0 bridgehead atoms. The van der Waals surface area contributed by atoms with Crippen LogP contribution in [0.15, 0.2) is 35.2 Å². The predicted octanol–water partition coefficient (Wildman–Crippen LogP) is 4.20. The maximum absolute atomic E-state index is 13.0.